The number of aliphatic carboxylic acids is 1. The van der Waals surface area contributed by atoms with Crippen LogP contribution in [-0.2, 0) is 33.3 Å². The third-order valence-electron chi connectivity index (χ3n) is 15.8. The molecule has 0 radical (unpaired) electrons. The standard InChI is InChI=1S/C73H135NO8/c1-6-8-10-12-14-16-18-20-22-24-25-26-27-28-29-30-31-32-33-34-35-36-37-38-39-40-41-42-43-44-45-46-47-48-50-52-54-56-58-60-62-64-71(76)82-69(68-81-73(72(77)78)79-66-65-74(3,4)5)67-80-70(75)63-61-59-57-55-53-51-49-23-21-19-17-15-13-11-9-7-2/h18,20,23-25,27-28,49,69,73H,6-17,19,21-22,26,29-48,50-68H2,1-5H3/b20-18-,25-24-,28-27-,49-23-. The van der Waals surface area contributed by atoms with E-state index in [2.05, 4.69) is 62.5 Å². The molecule has 0 N–H and O–H groups in total. The third-order valence-corrected chi connectivity index (χ3v) is 15.8. The number of likely N-dealkylation sites (N-methyl/N-ethyl adjacent to an activating group) is 1. The molecule has 0 aliphatic rings. The van der Waals surface area contributed by atoms with Crippen molar-refractivity contribution in [3.8, 4) is 0 Å². The summed E-state index contributed by atoms with van der Waals surface area (Å²) in [7, 11) is 5.93. The molecule has 2 unspecified atom stereocenters. The van der Waals surface area contributed by atoms with Gasteiger partial charge in [0.2, 0.25) is 0 Å². The van der Waals surface area contributed by atoms with Gasteiger partial charge in [-0.1, -0.05) is 300 Å². The number of carbonyl (C=O) groups excluding carboxylic acids is 3. The highest BCUT2D eigenvalue weighted by Gasteiger charge is 2.22. The molecule has 480 valence electrons. The highest BCUT2D eigenvalue weighted by atomic mass is 16.7. The minimum absolute atomic E-state index is 0.148. The Morgan fingerprint density at radius 2 is 0.659 bits per heavy atom. The van der Waals surface area contributed by atoms with E-state index in [-0.39, 0.29) is 38.6 Å². The molecule has 0 aliphatic heterocycles. The number of esters is 2. The van der Waals surface area contributed by atoms with Gasteiger partial charge in [-0.05, 0) is 77.0 Å². The number of rotatable bonds is 66. The third kappa shape index (κ3) is 64.8. The zero-order chi connectivity index (χ0) is 59.8. The first-order valence-electron chi connectivity index (χ1n) is 35.3. The van der Waals surface area contributed by atoms with Gasteiger partial charge in [-0.2, -0.15) is 0 Å². The topological polar surface area (TPSA) is 111 Å². The molecule has 0 aromatic heterocycles. The summed E-state index contributed by atoms with van der Waals surface area (Å²) in [5.41, 5.74) is 0. The first-order valence-corrected chi connectivity index (χ1v) is 35.3. The zero-order valence-corrected chi connectivity index (χ0v) is 54.9. The summed E-state index contributed by atoms with van der Waals surface area (Å²) in [6, 6.07) is 0. The van der Waals surface area contributed by atoms with Gasteiger partial charge in [0.15, 0.2) is 12.4 Å². The van der Waals surface area contributed by atoms with E-state index in [1.165, 1.54) is 244 Å². The van der Waals surface area contributed by atoms with Crippen LogP contribution in [0.5, 0.6) is 0 Å². The molecule has 9 heteroatoms. The van der Waals surface area contributed by atoms with Gasteiger partial charge < -0.3 is 33.3 Å². The summed E-state index contributed by atoms with van der Waals surface area (Å²) in [4.78, 5) is 37.4. The van der Waals surface area contributed by atoms with Crippen LogP contribution in [0.2, 0.25) is 0 Å². The van der Waals surface area contributed by atoms with Gasteiger partial charge in [0, 0.05) is 12.8 Å². The predicted octanol–water partition coefficient (Wildman–Crippen LogP) is 20.4. The number of carboxylic acid groups (broad SMARTS) is 1. The summed E-state index contributed by atoms with van der Waals surface area (Å²) in [5, 5.41) is 11.8. The number of carboxylic acids is 1. The van der Waals surface area contributed by atoms with Gasteiger partial charge in [-0.25, -0.2) is 0 Å². The molecule has 9 nitrogen and oxygen atoms in total. The van der Waals surface area contributed by atoms with Crippen LogP contribution < -0.4 is 5.11 Å². The normalized spacial score (nSPS) is 12.9. The average Bonchev–Trinajstić information content (AvgIpc) is 3.45. The Morgan fingerprint density at radius 3 is 0.988 bits per heavy atom. The van der Waals surface area contributed by atoms with E-state index in [9.17, 15) is 19.5 Å². The van der Waals surface area contributed by atoms with Crippen LogP contribution in [-0.4, -0.2) is 82.3 Å². The van der Waals surface area contributed by atoms with Crippen molar-refractivity contribution < 1.29 is 42.9 Å². The number of hydrogen-bond acceptors (Lipinski definition) is 8. The minimum atomic E-state index is -1.62. The van der Waals surface area contributed by atoms with Crippen LogP contribution in [0.25, 0.3) is 0 Å². The highest BCUT2D eigenvalue weighted by Crippen LogP contribution is 2.18. The lowest BCUT2D eigenvalue weighted by molar-refractivity contribution is -0.870. The van der Waals surface area contributed by atoms with Crippen molar-refractivity contribution in [2.45, 2.75) is 354 Å². The van der Waals surface area contributed by atoms with Gasteiger partial charge in [0.25, 0.3) is 0 Å². The zero-order valence-electron chi connectivity index (χ0n) is 54.9. The van der Waals surface area contributed by atoms with Gasteiger partial charge in [-0.15, -0.1) is 0 Å². The Morgan fingerprint density at radius 1 is 0.366 bits per heavy atom. The number of nitrogens with zero attached hydrogens (tertiary/aromatic N) is 1. The molecule has 0 saturated heterocycles. The van der Waals surface area contributed by atoms with Crippen molar-refractivity contribution in [1.82, 2.24) is 0 Å². The second-order valence-corrected chi connectivity index (χ2v) is 25.2. The smallest absolute Gasteiger partial charge is 0.306 e. The first-order chi connectivity index (χ1) is 40.1. The monoisotopic (exact) mass is 1150 g/mol. The summed E-state index contributed by atoms with van der Waals surface area (Å²) in [5.74, 6) is -2.27. The number of hydrogen-bond donors (Lipinski definition) is 0. The molecule has 0 aromatic carbocycles. The van der Waals surface area contributed by atoms with Gasteiger partial charge in [-0.3, -0.25) is 9.59 Å². The van der Waals surface area contributed by atoms with Gasteiger partial charge in [0.05, 0.1) is 40.3 Å². The molecule has 82 heavy (non-hydrogen) atoms. The number of quaternary nitrogens is 1. The van der Waals surface area contributed by atoms with Gasteiger partial charge in [0.1, 0.15) is 13.2 Å². The van der Waals surface area contributed by atoms with Crippen LogP contribution in [0.3, 0.4) is 0 Å². The van der Waals surface area contributed by atoms with E-state index in [0.29, 0.717) is 17.4 Å². The maximum Gasteiger partial charge on any atom is 0.306 e. The van der Waals surface area contributed by atoms with Crippen molar-refractivity contribution >= 4 is 17.9 Å². The molecule has 2 atom stereocenters. The quantitative estimate of drug-likeness (QED) is 0.0195. The summed E-state index contributed by atoms with van der Waals surface area (Å²) < 4.78 is 22.8. The lowest BCUT2D eigenvalue weighted by Gasteiger charge is -2.26. The van der Waals surface area contributed by atoms with Crippen molar-refractivity contribution in [3.63, 3.8) is 0 Å². The fourth-order valence-electron chi connectivity index (χ4n) is 10.4. The van der Waals surface area contributed by atoms with Crippen molar-refractivity contribution in [1.29, 1.82) is 0 Å². The van der Waals surface area contributed by atoms with Crippen LogP contribution >= 0.6 is 0 Å². The lowest BCUT2D eigenvalue weighted by Crippen LogP contribution is -2.44. The van der Waals surface area contributed by atoms with Crippen molar-refractivity contribution in [2.24, 2.45) is 0 Å². The second kappa shape index (κ2) is 64.3. The number of allylic oxidation sites excluding steroid dienone is 8. The van der Waals surface area contributed by atoms with E-state index >= 15 is 0 Å². The first kappa shape index (κ1) is 79.2. The Balaban J connectivity index is 3.93. The molecule has 0 spiro atoms. The Kier molecular flexibility index (Phi) is 62.1. The summed E-state index contributed by atoms with van der Waals surface area (Å²) in [6.07, 6.45) is 79.3. The maximum absolute atomic E-state index is 12.9. The average molecular weight is 1150 g/mol. The van der Waals surface area contributed by atoms with E-state index in [0.717, 1.165) is 64.2 Å². The molecular weight excluding hydrogens is 1020 g/mol. The van der Waals surface area contributed by atoms with Crippen molar-refractivity contribution in [3.05, 3.63) is 48.6 Å². The fourth-order valence-corrected chi connectivity index (χ4v) is 10.4. The van der Waals surface area contributed by atoms with E-state index < -0.39 is 24.3 Å². The van der Waals surface area contributed by atoms with Crippen LogP contribution in [0.1, 0.15) is 341 Å². The van der Waals surface area contributed by atoms with Crippen molar-refractivity contribution in [2.75, 3.05) is 47.5 Å². The Bertz CT molecular complexity index is 1480. The molecule has 0 amide bonds. The Labute approximate surface area is 508 Å². The number of unbranched alkanes of at least 4 members (excludes halogenated alkanes) is 43. The molecule has 0 fully saturated rings. The molecule has 0 heterocycles. The molecular formula is C73H135NO8. The molecule has 0 aromatic rings. The van der Waals surface area contributed by atoms with E-state index in [1.807, 2.05) is 21.1 Å². The van der Waals surface area contributed by atoms with Crippen LogP contribution in [0.15, 0.2) is 48.6 Å². The molecule has 0 aliphatic carbocycles. The Hall–Kier alpha value is -2.75. The minimum Gasteiger partial charge on any atom is -0.545 e. The highest BCUT2D eigenvalue weighted by molar-refractivity contribution is 5.70. The fraction of sp³-hybridized carbons (Fsp3) is 0.849. The number of carbonyl (C=O) groups is 3. The van der Waals surface area contributed by atoms with Crippen LogP contribution in [0, 0.1) is 0 Å². The number of ether oxygens (including phenoxy) is 4. The summed E-state index contributed by atoms with van der Waals surface area (Å²) in [6.45, 7) is 4.77. The second-order valence-electron chi connectivity index (χ2n) is 25.2. The SMILES string of the molecule is CCCCCCC/C=C\C/C=C\C/C=C\CCCCCCCCCCCCCCCCCCCCCCCCCCCCC(=O)OC(COC(=O)CCCCCCC/C=C\CCCCCCCCC)COC(OCC[N+](C)(C)C)C(=O)[O-]. The molecule has 0 saturated carbocycles. The molecule has 0 rings (SSSR count). The largest absolute Gasteiger partial charge is 0.545 e. The van der Waals surface area contributed by atoms with E-state index in [4.69, 9.17) is 18.9 Å². The molecule has 0 bridgehead atoms. The predicted molar refractivity (Wildman–Crippen MR) is 348 cm³/mol. The van der Waals surface area contributed by atoms with Crippen LogP contribution in [0.4, 0.5) is 0 Å². The summed E-state index contributed by atoms with van der Waals surface area (Å²) >= 11 is 0. The van der Waals surface area contributed by atoms with Gasteiger partial charge >= 0.3 is 11.9 Å². The van der Waals surface area contributed by atoms with E-state index in [1.54, 1.807) is 0 Å². The maximum atomic E-state index is 12.9. The lowest BCUT2D eigenvalue weighted by atomic mass is 10.0.